The third-order valence-corrected chi connectivity index (χ3v) is 6.89. The number of benzene rings is 1. The fourth-order valence-electron chi connectivity index (χ4n) is 3.21. The summed E-state index contributed by atoms with van der Waals surface area (Å²) >= 11 is 6.06. The number of halogens is 1. The Morgan fingerprint density at radius 1 is 1.42 bits per heavy atom. The third-order valence-electron chi connectivity index (χ3n) is 4.55. The smallest absolute Gasteiger partial charge is 0.224 e. The first kappa shape index (κ1) is 21.0. The van der Waals surface area contributed by atoms with E-state index in [1.54, 1.807) is 22.5 Å². The van der Waals surface area contributed by atoms with Gasteiger partial charge >= 0.3 is 0 Å². The number of carbonyl (C=O) groups is 1. The molecule has 0 saturated carbocycles. The molecule has 1 saturated heterocycles. The van der Waals surface area contributed by atoms with Crippen molar-refractivity contribution in [2.24, 2.45) is 5.92 Å². The normalized spacial score (nSPS) is 18.5. The molecule has 26 heavy (non-hydrogen) atoms. The largest absolute Gasteiger partial charge is 0.495 e. The Balaban J connectivity index is 1.84. The molecule has 1 N–H and O–H groups in total. The van der Waals surface area contributed by atoms with Crippen molar-refractivity contribution in [3.05, 3.63) is 23.2 Å². The lowest BCUT2D eigenvalue weighted by molar-refractivity contribution is -0.116. The van der Waals surface area contributed by atoms with E-state index in [0.717, 1.165) is 12.8 Å². The monoisotopic (exact) mass is 402 g/mol. The number of carbonyl (C=O) groups excluding carboxylic acids is 1. The Labute approximate surface area is 160 Å². The summed E-state index contributed by atoms with van der Waals surface area (Å²) in [5.74, 6) is 0.874. The number of nitrogens with one attached hydrogen (secondary N) is 1. The average molecular weight is 403 g/mol. The van der Waals surface area contributed by atoms with Crippen LogP contribution in [0.2, 0.25) is 5.02 Å². The maximum absolute atomic E-state index is 12.2. The molecule has 2 rings (SSSR count). The molecule has 1 aromatic rings. The van der Waals surface area contributed by atoms with Gasteiger partial charge in [0.05, 0.1) is 17.9 Å². The van der Waals surface area contributed by atoms with Crippen molar-refractivity contribution in [2.45, 2.75) is 39.0 Å². The predicted molar refractivity (Wildman–Crippen MR) is 104 cm³/mol. The molecule has 1 amide bonds. The third kappa shape index (κ3) is 5.86. The molecule has 8 heteroatoms. The van der Waals surface area contributed by atoms with Crippen molar-refractivity contribution >= 4 is 33.2 Å². The summed E-state index contributed by atoms with van der Waals surface area (Å²) < 4.78 is 31.1. The quantitative estimate of drug-likeness (QED) is 0.721. The van der Waals surface area contributed by atoms with Gasteiger partial charge in [-0.15, -0.1) is 0 Å². The van der Waals surface area contributed by atoms with Crippen LogP contribution in [0.5, 0.6) is 5.75 Å². The number of rotatable bonds is 8. The van der Waals surface area contributed by atoms with Gasteiger partial charge in [-0.1, -0.05) is 18.5 Å². The van der Waals surface area contributed by atoms with Crippen LogP contribution in [-0.4, -0.2) is 44.6 Å². The molecule has 0 aromatic heterocycles. The Kier molecular flexibility index (Phi) is 7.73. The number of nitrogens with zero attached hydrogens (tertiary/aromatic N) is 1. The minimum atomic E-state index is -3.16. The fourth-order valence-corrected chi connectivity index (χ4v) is 5.08. The molecule has 146 valence electrons. The SMILES string of the molecule is CCCS(=O)(=O)N1CCCC(CCC(=O)Nc2ccc(OC)c(Cl)c2)C1. The van der Waals surface area contributed by atoms with Crippen LogP contribution in [0.15, 0.2) is 18.2 Å². The Morgan fingerprint density at radius 2 is 2.19 bits per heavy atom. The van der Waals surface area contributed by atoms with Crippen molar-refractivity contribution in [1.29, 1.82) is 0 Å². The van der Waals surface area contributed by atoms with E-state index < -0.39 is 10.0 Å². The first-order chi connectivity index (χ1) is 12.4. The van der Waals surface area contributed by atoms with Gasteiger partial charge in [0.25, 0.3) is 0 Å². The van der Waals surface area contributed by atoms with E-state index in [2.05, 4.69) is 5.32 Å². The zero-order valence-corrected chi connectivity index (χ0v) is 16.9. The number of anilines is 1. The van der Waals surface area contributed by atoms with Crippen molar-refractivity contribution in [2.75, 3.05) is 31.3 Å². The number of amides is 1. The second-order valence-corrected chi connectivity index (χ2v) is 9.11. The van der Waals surface area contributed by atoms with Gasteiger partial charge in [-0.2, -0.15) is 0 Å². The summed E-state index contributed by atoms with van der Waals surface area (Å²) in [5.41, 5.74) is 0.622. The standard InChI is InChI=1S/C18H27ClN2O4S/c1-3-11-26(23,24)21-10-4-5-14(13-21)6-9-18(22)20-15-7-8-17(25-2)16(19)12-15/h7-8,12,14H,3-6,9-11,13H2,1-2H3,(H,20,22). The van der Waals surface area contributed by atoms with E-state index >= 15 is 0 Å². The van der Waals surface area contributed by atoms with Gasteiger partial charge in [-0.05, 0) is 49.8 Å². The molecule has 0 aliphatic carbocycles. The molecule has 0 spiro atoms. The summed E-state index contributed by atoms with van der Waals surface area (Å²) in [6.45, 7) is 2.98. The minimum absolute atomic E-state index is 0.0974. The second-order valence-electron chi connectivity index (χ2n) is 6.62. The predicted octanol–water partition coefficient (Wildman–Crippen LogP) is 3.52. The van der Waals surface area contributed by atoms with Gasteiger partial charge in [-0.25, -0.2) is 12.7 Å². The molecule has 1 heterocycles. The fraction of sp³-hybridized carbons (Fsp3) is 0.611. The summed E-state index contributed by atoms with van der Waals surface area (Å²) in [6, 6.07) is 5.09. The molecular weight excluding hydrogens is 376 g/mol. The Bertz CT molecular complexity index is 724. The highest BCUT2D eigenvalue weighted by Gasteiger charge is 2.28. The highest BCUT2D eigenvalue weighted by Crippen LogP contribution is 2.28. The van der Waals surface area contributed by atoms with Gasteiger partial charge in [-0.3, -0.25) is 4.79 Å². The van der Waals surface area contributed by atoms with E-state index in [4.69, 9.17) is 16.3 Å². The van der Waals surface area contributed by atoms with Crippen LogP contribution < -0.4 is 10.1 Å². The summed E-state index contributed by atoms with van der Waals surface area (Å²) in [4.78, 5) is 12.2. The van der Waals surface area contributed by atoms with Gasteiger partial charge < -0.3 is 10.1 Å². The molecule has 1 aliphatic heterocycles. The minimum Gasteiger partial charge on any atom is -0.495 e. The molecule has 1 aromatic carbocycles. The molecular formula is C18H27ClN2O4S. The first-order valence-corrected chi connectivity index (χ1v) is 11.0. The lowest BCUT2D eigenvalue weighted by atomic mass is 9.94. The number of sulfonamides is 1. The van der Waals surface area contributed by atoms with Crippen LogP contribution in [0.4, 0.5) is 5.69 Å². The summed E-state index contributed by atoms with van der Waals surface area (Å²) in [5, 5.41) is 3.26. The number of hydrogen-bond donors (Lipinski definition) is 1. The van der Waals surface area contributed by atoms with E-state index in [1.165, 1.54) is 7.11 Å². The van der Waals surface area contributed by atoms with E-state index in [-0.39, 0.29) is 17.6 Å². The Hall–Kier alpha value is -1.31. The van der Waals surface area contributed by atoms with E-state index in [9.17, 15) is 13.2 Å². The van der Waals surface area contributed by atoms with Gasteiger partial charge in [0, 0.05) is 25.2 Å². The lowest BCUT2D eigenvalue weighted by Crippen LogP contribution is -2.41. The van der Waals surface area contributed by atoms with Crippen molar-refractivity contribution in [1.82, 2.24) is 4.31 Å². The summed E-state index contributed by atoms with van der Waals surface area (Å²) in [6.07, 6.45) is 3.46. The van der Waals surface area contributed by atoms with Crippen molar-refractivity contribution < 1.29 is 17.9 Å². The second kappa shape index (κ2) is 9.58. The topological polar surface area (TPSA) is 75.7 Å². The van der Waals surface area contributed by atoms with Gasteiger partial charge in [0.2, 0.25) is 15.9 Å². The number of hydrogen-bond acceptors (Lipinski definition) is 4. The van der Waals surface area contributed by atoms with E-state index in [1.807, 2.05) is 6.92 Å². The molecule has 0 radical (unpaired) electrons. The molecule has 1 atom stereocenters. The van der Waals surface area contributed by atoms with Crippen LogP contribution in [0.1, 0.15) is 39.0 Å². The number of ether oxygens (including phenoxy) is 1. The zero-order chi connectivity index (χ0) is 19.2. The van der Waals surface area contributed by atoms with Crippen LogP contribution >= 0.6 is 11.6 Å². The van der Waals surface area contributed by atoms with Gasteiger partial charge in [0.1, 0.15) is 5.75 Å². The molecule has 1 aliphatic rings. The van der Waals surface area contributed by atoms with Crippen LogP contribution in [0, 0.1) is 5.92 Å². The van der Waals surface area contributed by atoms with Crippen molar-refractivity contribution in [3.63, 3.8) is 0 Å². The van der Waals surface area contributed by atoms with E-state index in [0.29, 0.717) is 48.8 Å². The maximum atomic E-state index is 12.2. The lowest BCUT2D eigenvalue weighted by Gasteiger charge is -2.31. The average Bonchev–Trinajstić information content (AvgIpc) is 2.60. The Morgan fingerprint density at radius 3 is 2.85 bits per heavy atom. The maximum Gasteiger partial charge on any atom is 0.224 e. The zero-order valence-electron chi connectivity index (χ0n) is 15.3. The summed E-state index contributed by atoms with van der Waals surface area (Å²) in [7, 11) is -1.62. The molecule has 1 unspecified atom stereocenters. The van der Waals surface area contributed by atoms with Crippen LogP contribution in [0.25, 0.3) is 0 Å². The van der Waals surface area contributed by atoms with Crippen molar-refractivity contribution in [3.8, 4) is 5.75 Å². The number of methoxy groups -OCH3 is 1. The van der Waals surface area contributed by atoms with Crippen LogP contribution in [-0.2, 0) is 14.8 Å². The van der Waals surface area contributed by atoms with Crippen LogP contribution in [0.3, 0.4) is 0 Å². The van der Waals surface area contributed by atoms with Gasteiger partial charge in [0.15, 0.2) is 0 Å². The first-order valence-electron chi connectivity index (χ1n) is 8.97. The number of piperidine rings is 1. The molecule has 1 fully saturated rings. The highest BCUT2D eigenvalue weighted by atomic mass is 35.5. The molecule has 6 nitrogen and oxygen atoms in total. The molecule has 0 bridgehead atoms. The highest BCUT2D eigenvalue weighted by molar-refractivity contribution is 7.89.